The minimum Gasteiger partial charge on any atom is -0.491 e. The van der Waals surface area contributed by atoms with Crippen LogP contribution in [0.3, 0.4) is 0 Å². The van der Waals surface area contributed by atoms with Crippen LogP contribution in [0.1, 0.15) is 85.5 Å². The minimum absolute atomic E-state index is 0.194. The van der Waals surface area contributed by atoms with E-state index in [-0.39, 0.29) is 11.3 Å². The van der Waals surface area contributed by atoms with Crippen LogP contribution in [-0.2, 0) is 11.3 Å². The van der Waals surface area contributed by atoms with Crippen LogP contribution >= 0.6 is 0 Å². The van der Waals surface area contributed by atoms with Gasteiger partial charge in [0.2, 0.25) is 0 Å². The molecule has 31 heavy (non-hydrogen) atoms. The zero-order chi connectivity index (χ0) is 21.8. The van der Waals surface area contributed by atoms with Crippen LogP contribution in [-0.4, -0.2) is 22.2 Å². The molecule has 0 aliphatic heterocycles. The lowest BCUT2D eigenvalue weighted by Gasteiger charge is -2.61. The predicted molar refractivity (Wildman–Crippen MR) is 123 cm³/mol. The number of hydrogen-bond acceptors (Lipinski definition) is 3. The van der Waals surface area contributed by atoms with E-state index in [0.717, 1.165) is 41.8 Å². The molecule has 0 aromatic carbocycles. The molecule has 4 aliphatic rings. The summed E-state index contributed by atoms with van der Waals surface area (Å²) in [4.78, 5) is 13.4. The lowest BCUT2D eigenvalue weighted by Crippen LogP contribution is -2.53. The maximum atomic E-state index is 13.4. The van der Waals surface area contributed by atoms with Gasteiger partial charge in [-0.3, -0.25) is 9.48 Å². The van der Waals surface area contributed by atoms with Gasteiger partial charge in [0, 0.05) is 5.92 Å². The van der Waals surface area contributed by atoms with Gasteiger partial charge in [0.15, 0.2) is 11.5 Å². The summed E-state index contributed by atoms with van der Waals surface area (Å²) in [6.07, 6.45) is 15.7. The van der Waals surface area contributed by atoms with Crippen molar-refractivity contribution in [1.82, 2.24) is 9.78 Å². The Morgan fingerprint density at radius 2 is 1.87 bits per heavy atom. The number of Topliss-reactive ketones (excluding diaryl/α,β-unsaturated/α-hetero) is 1. The lowest BCUT2D eigenvalue weighted by molar-refractivity contribution is -0.137. The van der Waals surface area contributed by atoms with E-state index in [1.807, 2.05) is 13.1 Å². The summed E-state index contributed by atoms with van der Waals surface area (Å²) in [7, 11) is 0. The number of aromatic nitrogens is 2. The highest BCUT2D eigenvalue weighted by Crippen LogP contribution is 2.67. The number of nitrogens with zero attached hydrogens (tertiary/aromatic N) is 2. The molecule has 4 saturated carbocycles. The van der Waals surface area contributed by atoms with Gasteiger partial charge < -0.3 is 4.74 Å². The summed E-state index contributed by atoms with van der Waals surface area (Å²) >= 11 is 0. The van der Waals surface area contributed by atoms with Gasteiger partial charge in [-0.2, -0.15) is 5.10 Å². The second kappa shape index (κ2) is 7.92. The molecular formula is C27H42N2O2. The zero-order valence-corrected chi connectivity index (χ0v) is 20.1. The Labute approximate surface area is 188 Å². The minimum atomic E-state index is 0.194. The van der Waals surface area contributed by atoms with Gasteiger partial charge in [-0.15, -0.1) is 0 Å². The van der Waals surface area contributed by atoms with Crippen molar-refractivity contribution in [3.63, 3.8) is 0 Å². The Bertz CT molecular complexity index is 818. The largest absolute Gasteiger partial charge is 0.491 e. The highest BCUT2D eigenvalue weighted by atomic mass is 16.5. The summed E-state index contributed by atoms with van der Waals surface area (Å²) in [6, 6.07) is 0. The molecule has 0 N–H and O–H groups in total. The van der Waals surface area contributed by atoms with Crippen LogP contribution in [0.5, 0.6) is 5.75 Å². The molecular weight excluding hydrogens is 384 g/mol. The summed E-state index contributed by atoms with van der Waals surface area (Å²) < 4.78 is 7.31. The monoisotopic (exact) mass is 426 g/mol. The van der Waals surface area contributed by atoms with Crippen LogP contribution < -0.4 is 4.74 Å². The molecule has 1 aromatic heterocycles. The normalized spacial score (nSPS) is 44.3. The fraction of sp³-hybridized carbons (Fsp3) is 0.852. The van der Waals surface area contributed by atoms with E-state index in [4.69, 9.17) is 4.74 Å². The molecule has 0 saturated heterocycles. The second-order valence-corrected chi connectivity index (χ2v) is 12.0. The van der Waals surface area contributed by atoms with Crippen molar-refractivity contribution >= 4 is 5.78 Å². The van der Waals surface area contributed by atoms with E-state index in [0.29, 0.717) is 24.3 Å². The van der Waals surface area contributed by atoms with Gasteiger partial charge in [0.05, 0.1) is 25.5 Å². The van der Waals surface area contributed by atoms with Crippen molar-refractivity contribution in [1.29, 1.82) is 0 Å². The van der Waals surface area contributed by atoms with E-state index in [9.17, 15) is 4.79 Å². The fourth-order valence-electron chi connectivity index (χ4n) is 8.94. The highest BCUT2D eigenvalue weighted by molar-refractivity contribution is 5.82. The molecule has 0 amide bonds. The van der Waals surface area contributed by atoms with E-state index < -0.39 is 0 Å². The van der Waals surface area contributed by atoms with Gasteiger partial charge in [-0.05, 0) is 98.7 Å². The number of ether oxygens (including phenoxy) is 1. The Balaban J connectivity index is 1.31. The molecule has 0 bridgehead atoms. The molecule has 4 aliphatic carbocycles. The molecule has 5 rings (SSSR count). The van der Waals surface area contributed by atoms with Crippen LogP contribution in [0.4, 0.5) is 0 Å². The molecule has 7 unspecified atom stereocenters. The van der Waals surface area contributed by atoms with Crippen LogP contribution in [0.25, 0.3) is 0 Å². The van der Waals surface area contributed by atoms with Gasteiger partial charge in [-0.25, -0.2) is 0 Å². The summed E-state index contributed by atoms with van der Waals surface area (Å²) in [5.41, 5.74) is 0.753. The third-order valence-electron chi connectivity index (χ3n) is 10.6. The van der Waals surface area contributed by atoms with E-state index in [1.165, 1.54) is 51.4 Å². The lowest BCUT2D eigenvalue weighted by atomic mass is 9.44. The summed E-state index contributed by atoms with van der Waals surface area (Å²) in [6.45, 7) is 10.6. The first-order chi connectivity index (χ1) is 14.8. The van der Waals surface area contributed by atoms with Crippen molar-refractivity contribution in [2.75, 3.05) is 6.61 Å². The number of ketones is 1. The second-order valence-electron chi connectivity index (χ2n) is 12.0. The smallest absolute Gasteiger partial charge is 0.157 e. The maximum absolute atomic E-state index is 13.4. The molecule has 1 aromatic rings. The predicted octanol–water partition coefficient (Wildman–Crippen LogP) is 6.15. The van der Waals surface area contributed by atoms with Crippen LogP contribution in [0.15, 0.2) is 12.4 Å². The third kappa shape index (κ3) is 3.47. The van der Waals surface area contributed by atoms with Gasteiger partial charge in [0.25, 0.3) is 0 Å². The first kappa shape index (κ1) is 21.5. The molecule has 4 heteroatoms. The Morgan fingerprint density at radius 1 is 1.10 bits per heavy atom. The third-order valence-corrected chi connectivity index (χ3v) is 10.6. The van der Waals surface area contributed by atoms with Gasteiger partial charge in [0.1, 0.15) is 0 Å². The summed E-state index contributed by atoms with van der Waals surface area (Å²) in [5.74, 6) is 5.71. The van der Waals surface area contributed by atoms with Crippen molar-refractivity contribution < 1.29 is 9.53 Å². The maximum Gasteiger partial charge on any atom is 0.157 e. The molecule has 8 atom stereocenters. The quantitative estimate of drug-likeness (QED) is 0.567. The van der Waals surface area contributed by atoms with Gasteiger partial charge in [-0.1, -0.05) is 27.2 Å². The number of carbonyl (C=O) groups excluding carboxylic acids is 1. The molecule has 172 valence electrons. The molecule has 4 nitrogen and oxygen atoms in total. The van der Waals surface area contributed by atoms with E-state index >= 15 is 0 Å². The molecule has 1 heterocycles. The number of carbonyl (C=O) groups is 1. The zero-order valence-electron chi connectivity index (χ0n) is 20.1. The highest BCUT2D eigenvalue weighted by Gasteiger charge is 2.60. The molecule has 4 fully saturated rings. The SMILES string of the molecule is CCOc1cnn(CC(=O)[C@H]2CCC3C4CCC5CC(C)CCC5(C)C4CCC32C)c1. The fourth-order valence-corrected chi connectivity index (χ4v) is 8.94. The Hall–Kier alpha value is -1.32. The Morgan fingerprint density at radius 3 is 2.68 bits per heavy atom. The topological polar surface area (TPSA) is 44.1 Å². The summed E-state index contributed by atoms with van der Waals surface area (Å²) in [5, 5.41) is 4.37. The van der Waals surface area contributed by atoms with Crippen LogP contribution in [0.2, 0.25) is 0 Å². The van der Waals surface area contributed by atoms with Crippen molar-refractivity contribution in [3.8, 4) is 5.75 Å². The molecule has 0 radical (unpaired) electrons. The van der Waals surface area contributed by atoms with Crippen molar-refractivity contribution in [2.24, 2.45) is 46.3 Å². The Kier molecular flexibility index (Phi) is 5.50. The number of hydrogen-bond donors (Lipinski definition) is 0. The van der Waals surface area contributed by atoms with Crippen LogP contribution in [0, 0.1) is 46.3 Å². The number of fused-ring (bicyclic) bond motifs is 5. The average Bonchev–Trinajstić information content (AvgIpc) is 3.32. The van der Waals surface area contributed by atoms with Crippen molar-refractivity contribution in [2.45, 2.75) is 92.0 Å². The molecule has 0 spiro atoms. The van der Waals surface area contributed by atoms with E-state index in [1.54, 1.807) is 10.9 Å². The van der Waals surface area contributed by atoms with Gasteiger partial charge >= 0.3 is 0 Å². The number of rotatable bonds is 5. The first-order valence-electron chi connectivity index (χ1n) is 13.0. The standard InChI is InChI=1S/C27H42N2O2/c1-5-31-20-15-28-29(16-20)17-25(30)24-9-8-22-21-7-6-19-14-18(2)10-12-26(19,3)23(21)11-13-27(22,24)4/h15-16,18-19,21-24H,5-14,17H2,1-4H3/t18?,19?,21?,22?,23?,24-,26?,27?/m1/s1. The first-order valence-corrected chi connectivity index (χ1v) is 13.0. The average molecular weight is 427 g/mol. The van der Waals surface area contributed by atoms with Crippen molar-refractivity contribution in [3.05, 3.63) is 12.4 Å². The van der Waals surface area contributed by atoms with E-state index in [2.05, 4.69) is 25.9 Å².